The van der Waals surface area contributed by atoms with Crippen molar-refractivity contribution in [3.8, 4) is 11.5 Å². The highest BCUT2D eigenvalue weighted by Gasteiger charge is 2.34. The van der Waals surface area contributed by atoms with E-state index in [9.17, 15) is 29.7 Å². The summed E-state index contributed by atoms with van der Waals surface area (Å²) in [6.07, 6.45) is 3.77. The van der Waals surface area contributed by atoms with E-state index in [2.05, 4.69) is 21.3 Å². The number of benzene rings is 3. The van der Waals surface area contributed by atoms with Gasteiger partial charge in [-0.1, -0.05) is 36.4 Å². The number of hydrogen-bond acceptors (Lipinski definition) is 9. The van der Waals surface area contributed by atoms with E-state index in [1.165, 1.54) is 0 Å². The van der Waals surface area contributed by atoms with Crippen LogP contribution in [0.2, 0.25) is 0 Å². The highest BCUT2D eigenvalue weighted by Crippen LogP contribution is 2.29. The molecule has 55 heavy (non-hydrogen) atoms. The Balaban J connectivity index is 1.18. The molecule has 6 rings (SSSR count). The van der Waals surface area contributed by atoms with E-state index in [0.29, 0.717) is 50.4 Å². The first-order valence-corrected chi connectivity index (χ1v) is 19.7. The van der Waals surface area contributed by atoms with Gasteiger partial charge in [-0.15, -0.1) is 0 Å². The van der Waals surface area contributed by atoms with Crippen molar-refractivity contribution in [1.29, 1.82) is 0 Å². The van der Waals surface area contributed by atoms with E-state index >= 15 is 0 Å². The van der Waals surface area contributed by atoms with Gasteiger partial charge in [-0.2, -0.15) is 0 Å². The summed E-state index contributed by atoms with van der Waals surface area (Å²) in [5.74, 6) is -2.35. The number of carbonyl (C=O) groups is 3. The minimum absolute atomic E-state index is 0.0777. The Kier molecular flexibility index (Phi) is 13.7. The Hall–Kier alpha value is -4.65. The van der Waals surface area contributed by atoms with E-state index in [1.54, 1.807) is 0 Å². The van der Waals surface area contributed by atoms with Gasteiger partial charge in [-0.05, 0) is 156 Å². The summed E-state index contributed by atoms with van der Waals surface area (Å²) in [6, 6.07) is 23.0. The molecular weight excluding hydrogens is 700 g/mol. The number of rotatable bonds is 20. The van der Waals surface area contributed by atoms with Gasteiger partial charge in [-0.25, -0.2) is 0 Å². The molecule has 296 valence electrons. The van der Waals surface area contributed by atoms with E-state index < -0.39 is 41.2 Å². The fourth-order valence-electron chi connectivity index (χ4n) is 8.44. The van der Waals surface area contributed by atoms with E-state index in [4.69, 9.17) is 9.47 Å². The highest BCUT2D eigenvalue weighted by atomic mass is 16.5. The quantitative estimate of drug-likeness (QED) is 0.0856. The normalized spacial score (nSPS) is 22.3. The van der Waals surface area contributed by atoms with Crippen LogP contribution in [-0.2, 0) is 33.6 Å². The molecule has 0 radical (unpaired) electrons. The van der Waals surface area contributed by atoms with Crippen LogP contribution in [0.1, 0.15) is 42.9 Å². The van der Waals surface area contributed by atoms with Crippen molar-refractivity contribution in [3.05, 3.63) is 89.5 Å². The van der Waals surface area contributed by atoms with E-state index in [0.717, 1.165) is 61.3 Å². The SMILES string of the molecule is CC(COc1cccc(CC(C(=O)O)C2CCNC2)c1)(COc1cccc(CC(C(=O)O)C2CCNC2)c1)Nc1cccc(CC(C(=O)O)C2CCNC2)c1. The maximum absolute atomic E-state index is 12.3. The number of carboxylic acid groups (broad SMARTS) is 3. The van der Waals surface area contributed by atoms with Crippen molar-refractivity contribution in [2.24, 2.45) is 35.5 Å². The van der Waals surface area contributed by atoms with Gasteiger partial charge in [0.05, 0.1) is 17.8 Å². The van der Waals surface area contributed by atoms with Crippen LogP contribution in [0.3, 0.4) is 0 Å². The lowest BCUT2D eigenvalue weighted by molar-refractivity contribution is -0.144. The molecule has 3 aromatic carbocycles. The Morgan fingerprint density at radius 1 is 0.636 bits per heavy atom. The lowest BCUT2D eigenvalue weighted by Gasteiger charge is -2.32. The summed E-state index contributed by atoms with van der Waals surface area (Å²) < 4.78 is 12.9. The molecule has 12 heteroatoms. The molecule has 6 atom stereocenters. The summed E-state index contributed by atoms with van der Waals surface area (Å²) in [5, 5.41) is 43.6. The molecule has 0 saturated carbocycles. The molecule has 0 amide bonds. The molecule has 3 fully saturated rings. The minimum atomic E-state index is -0.788. The molecular formula is C43H56N4O8. The zero-order valence-electron chi connectivity index (χ0n) is 31.7. The van der Waals surface area contributed by atoms with Crippen LogP contribution in [0, 0.1) is 35.5 Å². The summed E-state index contributed by atoms with van der Waals surface area (Å²) >= 11 is 0. The average Bonchev–Trinajstić information content (AvgIpc) is 3.99. The fourth-order valence-corrected chi connectivity index (χ4v) is 8.44. The topological polar surface area (TPSA) is 178 Å². The summed E-state index contributed by atoms with van der Waals surface area (Å²) in [6.45, 7) is 6.98. The molecule has 0 bridgehead atoms. The van der Waals surface area contributed by atoms with Crippen molar-refractivity contribution in [2.45, 2.75) is 51.0 Å². The Morgan fingerprint density at radius 2 is 1.02 bits per heavy atom. The minimum Gasteiger partial charge on any atom is -0.491 e. The summed E-state index contributed by atoms with van der Waals surface area (Å²) in [4.78, 5) is 36.7. The molecule has 3 aromatic rings. The molecule has 0 spiro atoms. The number of aliphatic carboxylic acids is 3. The van der Waals surface area contributed by atoms with Crippen molar-refractivity contribution in [3.63, 3.8) is 0 Å². The van der Waals surface area contributed by atoms with Crippen molar-refractivity contribution < 1.29 is 39.2 Å². The maximum Gasteiger partial charge on any atom is 0.307 e. The number of hydrogen-bond donors (Lipinski definition) is 7. The number of nitrogens with one attached hydrogen (secondary N) is 4. The van der Waals surface area contributed by atoms with Crippen molar-refractivity contribution in [2.75, 3.05) is 57.8 Å². The van der Waals surface area contributed by atoms with E-state index in [1.807, 2.05) is 79.7 Å². The average molecular weight is 757 g/mol. The first-order valence-electron chi connectivity index (χ1n) is 19.7. The van der Waals surface area contributed by atoms with Crippen LogP contribution in [-0.4, -0.2) is 91.2 Å². The first kappa shape index (κ1) is 40.0. The van der Waals surface area contributed by atoms with Crippen molar-refractivity contribution >= 4 is 23.6 Å². The summed E-state index contributed by atoms with van der Waals surface area (Å²) in [5.41, 5.74) is 2.72. The molecule has 0 aromatic heterocycles. The Labute approximate surface area is 323 Å². The van der Waals surface area contributed by atoms with Crippen LogP contribution in [0.5, 0.6) is 11.5 Å². The Bertz CT molecular complexity index is 1670. The van der Waals surface area contributed by atoms with Gasteiger partial charge in [0.2, 0.25) is 0 Å². The fraction of sp³-hybridized carbons (Fsp3) is 0.512. The standard InChI is InChI=1S/C43H56N4O8/c1-43(47-34-8-2-5-28(17-34)20-37(40(48)49)31-11-14-44-23-31,26-54-35-9-3-6-29(18-35)21-38(41(50)51)32-12-15-45-24-32)27-55-36-10-4-7-30(19-36)22-39(42(52)53)33-13-16-46-25-33/h2-10,17-19,31-33,37-39,44-47H,11-16,20-27H2,1H3,(H,48,49)(H,50,51)(H,52,53). The van der Waals surface area contributed by atoms with Crippen LogP contribution < -0.4 is 30.7 Å². The molecule has 12 nitrogen and oxygen atoms in total. The van der Waals surface area contributed by atoms with Gasteiger partial charge in [0.1, 0.15) is 30.3 Å². The third-order valence-corrected chi connectivity index (χ3v) is 11.6. The third kappa shape index (κ3) is 11.2. The first-order chi connectivity index (χ1) is 26.5. The molecule has 3 saturated heterocycles. The number of anilines is 1. The second-order valence-corrected chi connectivity index (χ2v) is 16.0. The van der Waals surface area contributed by atoms with Gasteiger partial charge < -0.3 is 46.1 Å². The van der Waals surface area contributed by atoms with Crippen molar-refractivity contribution in [1.82, 2.24) is 16.0 Å². The smallest absolute Gasteiger partial charge is 0.307 e. The van der Waals surface area contributed by atoms with Crippen LogP contribution in [0.15, 0.2) is 72.8 Å². The van der Waals surface area contributed by atoms with E-state index in [-0.39, 0.29) is 31.0 Å². The summed E-state index contributed by atoms with van der Waals surface area (Å²) in [7, 11) is 0. The molecule has 6 unspecified atom stereocenters. The molecule has 3 aliphatic rings. The van der Waals surface area contributed by atoms with Crippen LogP contribution in [0.4, 0.5) is 5.69 Å². The van der Waals surface area contributed by atoms with Gasteiger partial charge in [0.15, 0.2) is 0 Å². The zero-order chi connectivity index (χ0) is 38.8. The lowest BCUT2D eigenvalue weighted by atomic mass is 9.86. The monoisotopic (exact) mass is 756 g/mol. The Morgan fingerprint density at radius 3 is 1.38 bits per heavy atom. The molecule has 7 N–H and O–H groups in total. The second kappa shape index (κ2) is 18.8. The number of carboxylic acids is 3. The predicted octanol–water partition coefficient (Wildman–Crippen LogP) is 4.57. The third-order valence-electron chi connectivity index (χ3n) is 11.6. The van der Waals surface area contributed by atoms with Gasteiger partial charge in [-0.3, -0.25) is 14.4 Å². The zero-order valence-corrected chi connectivity index (χ0v) is 31.7. The molecule has 3 heterocycles. The maximum atomic E-state index is 12.3. The van der Waals surface area contributed by atoms with Gasteiger partial charge >= 0.3 is 17.9 Å². The second-order valence-electron chi connectivity index (χ2n) is 16.0. The van der Waals surface area contributed by atoms with Gasteiger partial charge in [0, 0.05) is 5.69 Å². The number of ether oxygens (including phenoxy) is 2. The molecule has 0 aliphatic carbocycles. The lowest BCUT2D eigenvalue weighted by Crippen LogP contribution is -2.46. The van der Waals surface area contributed by atoms with Gasteiger partial charge in [0.25, 0.3) is 0 Å². The van der Waals surface area contributed by atoms with Crippen LogP contribution >= 0.6 is 0 Å². The highest BCUT2D eigenvalue weighted by molar-refractivity contribution is 5.72. The predicted molar refractivity (Wildman–Crippen MR) is 210 cm³/mol. The molecule has 3 aliphatic heterocycles. The van der Waals surface area contributed by atoms with Crippen LogP contribution in [0.25, 0.3) is 0 Å². The largest absolute Gasteiger partial charge is 0.491 e.